The van der Waals surface area contributed by atoms with E-state index in [0.29, 0.717) is 23.5 Å². The highest BCUT2D eigenvalue weighted by Crippen LogP contribution is 2.37. The number of fused-ring (bicyclic) bond motifs is 2. The second-order valence-electron chi connectivity index (χ2n) is 4.72. The SMILES string of the molecule is NNc1cncc(C(=O)N2CC3CCC2C3)n1. The van der Waals surface area contributed by atoms with Crippen LogP contribution in [0.4, 0.5) is 5.82 Å². The van der Waals surface area contributed by atoms with E-state index < -0.39 is 0 Å². The Kier molecular flexibility index (Phi) is 2.44. The average Bonchev–Trinajstić information content (AvgIpc) is 3.00. The second kappa shape index (κ2) is 3.96. The van der Waals surface area contributed by atoms with Gasteiger partial charge in [-0.25, -0.2) is 10.8 Å². The number of nitrogens with one attached hydrogen (secondary N) is 1. The van der Waals surface area contributed by atoms with Crippen LogP contribution in [0.2, 0.25) is 0 Å². The zero-order valence-corrected chi connectivity index (χ0v) is 9.47. The number of anilines is 1. The number of hydrogen-bond donors (Lipinski definition) is 2. The van der Waals surface area contributed by atoms with E-state index in [4.69, 9.17) is 5.84 Å². The summed E-state index contributed by atoms with van der Waals surface area (Å²) >= 11 is 0. The molecule has 2 bridgehead atoms. The Balaban J connectivity index is 1.81. The fourth-order valence-corrected chi connectivity index (χ4v) is 2.86. The molecule has 90 valence electrons. The number of rotatable bonds is 2. The smallest absolute Gasteiger partial charge is 0.274 e. The summed E-state index contributed by atoms with van der Waals surface area (Å²) in [7, 11) is 0. The Hall–Kier alpha value is -1.69. The monoisotopic (exact) mass is 233 g/mol. The lowest BCUT2D eigenvalue weighted by molar-refractivity contribution is 0.0697. The van der Waals surface area contributed by atoms with Gasteiger partial charge in [-0.2, -0.15) is 0 Å². The van der Waals surface area contributed by atoms with E-state index in [1.165, 1.54) is 18.8 Å². The number of hydrazine groups is 1. The predicted octanol–water partition coefficient (Wildman–Crippen LogP) is 0.387. The molecule has 0 spiro atoms. The number of likely N-dealkylation sites (tertiary alicyclic amines) is 1. The first-order chi connectivity index (χ1) is 8.28. The van der Waals surface area contributed by atoms with E-state index in [2.05, 4.69) is 15.4 Å². The van der Waals surface area contributed by atoms with Crippen LogP contribution in [-0.4, -0.2) is 33.4 Å². The topological polar surface area (TPSA) is 84.1 Å². The van der Waals surface area contributed by atoms with Crippen LogP contribution in [0.5, 0.6) is 0 Å². The van der Waals surface area contributed by atoms with Crippen LogP contribution in [0.25, 0.3) is 0 Å². The van der Waals surface area contributed by atoms with E-state index in [1.54, 1.807) is 0 Å². The van der Waals surface area contributed by atoms with Crippen LogP contribution in [0.3, 0.4) is 0 Å². The van der Waals surface area contributed by atoms with Crippen LogP contribution in [0, 0.1) is 5.92 Å². The number of aromatic nitrogens is 2. The fourth-order valence-electron chi connectivity index (χ4n) is 2.86. The lowest BCUT2D eigenvalue weighted by Crippen LogP contribution is -2.38. The maximum absolute atomic E-state index is 12.3. The van der Waals surface area contributed by atoms with Gasteiger partial charge in [0.05, 0.1) is 12.4 Å². The van der Waals surface area contributed by atoms with Crippen molar-refractivity contribution in [3.8, 4) is 0 Å². The number of nitrogen functional groups attached to an aromatic ring is 1. The number of hydrogen-bond acceptors (Lipinski definition) is 5. The molecular weight excluding hydrogens is 218 g/mol. The van der Waals surface area contributed by atoms with Crippen molar-refractivity contribution < 1.29 is 4.79 Å². The molecular formula is C11H15N5O. The summed E-state index contributed by atoms with van der Waals surface area (Å²) in [4.78, 5) is 22.3. The second-order valence-corrected chi connectivity index (χ2v) is 4.72. The molecule has 1 amide bonds. The van der Waals surface area contributed by atoms with Crippen molar-refractivity contribution in [2.75, 3.05) is 12.0 Å². The third kappa shape index (κ3) is 1.74. The van der Waals surface area contributed by atoms with Gasteiger partial charge in [0.15, 0.2) is 5.82 Å². The summed E-state index contributed by atoms with van der Waals surface area (Å²) in [6.07, 6.45) is 6.51. The molecule has 6 heteroatoms. The molecule has 0 radical (unpaired) electrons. The summed E-state index contributed by atoms with van der Waals surface area (Å²) < 4.78 is 0. The summed E-state index contributed by atoms with van der Waals surface area (Å²) in [5.74, 6) is 6.33. The van der Waals surface area contributed by atoms with Gasteiger partial charge < -0.3 is 10.3 Å². The van der Waals surface area contributed by atoms with Crippen LogP contribution in [-0.2, 0) is 0 Å². The Morgan fingerprint density at radius 1 is 1.47 bits per heavy atom. The van der Waals surface area contributed by atoms with E-state index in [9.17, 15) is 4.79 Å². The van der Waals surface area contributed by atoms with Crippen molar-refractivity contribution >= 4 is 11.7 Å². The number of amides is 1. The van der Waals surface area contributed by atoms with E-state index >= 15 is 0 Å². The molecule has 3 rings (SSSR count). The van der Waals surface area contributed by atoms with Crippen molar-refractivity contribution in [3.05, 3.63) is 18.1 Å². The first-order valence-electron chi connectivity index (χ1n) is 5.87. The Morgan fingerprint density at radius 2 is 2.35 bits per heavy atom. The van der Waals surface area contributed by atoms with Crippen molar-refractivity contribution in [2.45, 2.75) is 25.3 Å². The molecule has 2 heterocycles. The molecule has 17 heavy (non-hydrogen) atoms. The minimum atomic E-state index is -0.0261. The molecule has 0 aromatic carbocycles. The average molecular weight is 233 g/mol. The minimum absolute atomic E-state index is 0.0261. The van der Waals surface area contributed by atoms with Gasteiger partial charge in [-0.15, -0.1) is 0 Å². The van der Waals surface area contributed by atoms with Gasteiger partial charge in [0.2, 0.25) is 0 Å². The molecule has 1 aliphatic heterocycles. The lowest BCUT2D eigenvalue weighted by atomic mass is 10.1. The van der Waals surface area contributed by atoms with Gasteiger partial charge in [-0.3, -0.25) is 9.78 Å². The van der Waals surface area contributed by atoms with Gasteiger partial charge >= 0.3 is 0 Å². The van der Waals surface area contributed by atoms with Crippen molar-refractivity contribution in [1.82, 2.24) is 14.9 Å². The van der Waals surface area contributed by atoms with Gasteiger partial charge in [-0.05, 0) is 25.2 Å². The van der Waals surface area contributed by atoms with Crippen LogP contribution in [0.1, 0.15) is 29.8 Å². The molecule has 1 aromatic rings. The van der Waals surface area contributed by atoms with Crippen molar-refractivity contribution in [3.63, 3.8) is 0 Å². The van der Waals surface area contributed by atoms with Gasteiger partial charge in [0.1, 0.15) is 5.69 Å². The Morgan fingerprint density at radius 3 is 3.00 bits per heavy atom. The van der Waals surface area contributed by atoms with Gasteiger partial charge in [-0.1, -0.05) is 0 Å². The minimum Gasteiger partial charge on any atom is -0.334 e. The maximum atomic E-state index is 12.3. The van der Waals surface area contributed by atoms with Gasteiger partial charge in [0.25, 0.3) is 5.91 Å². The summed E-state index contributed by atoms with van der Waals surface area (Å²) in [6.45, 7) is 0.867. The third-order valence-electron chi connectivity index (χ3n) is 3.67. The first kappa shape index (κ1) is 10.5. The molecule has 1 aromatic heterocycles. The van der Waals surface area contributed by atoms with Crippen LogP contribution in [0.15, 0.2) is 12.4 Å². The first-order valence-corrected chi connectivity index (χ1v) is 5.87. The van der Waals surface area contributed by atoms with E-state index in [1.807, 2.05) is 4.90 Å². The van der Waals surface area contributed by atoms with Crippen LogP contribution < -0.4 is 11.3 Å². The van der Waals surface area contributed by atoms with Crippen molar-refractivity contribution in [1.29, 1.82) is 0 Å². The quantitative estimate of drug-likeness (QED) is 0.570. The highest BCUT2D eigenvalue weighted by atomic mass is 16.2. The van der Waals surface area contributed by atoms with Gasteiger partial charge in [0, 0.05) is 12.6 Å². The van der Waals surface area contributed by atoms with E-state index in [-0.39, 0.29) is 5.91 Å². The molecule has 2 atom stereocenters. The zero-order valence-electron chi connectivity index (χ0n) is 9.47. The molecule has 1 aliphatic carbocycles. The maximum Gasteiger partial charge on any atom is 0.274 e. The number of nitrogens with two attached hydrogens (primary N) is 1. The summed E-state index contributed by atoms with van der Waals surface area (Å²) in [6, 6.07) is 0.406. The molecule has 1 saturated carbocycles. The largest absolute Gasteiger partial charge is 0.334 e. The highest BCUT2D eigenvalue weighted by molar-refractivity contribution is 5.92. The molecule has 3 N–H and O–H groups in total. The fraction of sp³-hybridized carbons (Fsp3) is 0.545. The molecule has 1 saturated heterocycles. The predicted molar refractivity (Wildman–Crippen MR) is 62.0 cm³/mol. The highest BCUT2D eigenvalue weighted by Gasteiger charge is 2.40. The normalized spacial score (nSPS) is 26.3. The molecule has 2 unspecified atom stereocenters. The summed E-state index contributed by atoms with van der Waals surface area (Å²) in [5.41, 5.74) is 2.77. The van der Waals surface area contributed by atoms with Crippen LogP contribution >= 0.6 is 0 Å². The number of carbonyl (C=O) groups is 1. The standard InChI is InChI=1S/C11H15N5O/c12-15-10-5-13-4-9(14-10)11(17)16-6-7-1-2-8(16)3-7/h4-5,7-8H,1-3,6,12H2,(H,14,15). The third-order valence-corrected chi connectivity index (χ3v) is 3.67. The number of piperidine rings is 1. The Labute approximate surface area is 99.2 Å². The number of carbonyl (C=O) groups excluding carboxylic acids is 1. The molecule has 2 fully saturated rings. The lowest BCUT2D eigenvalue weighted by Gasteiger charge is -2.26. The number of nitrogens with zero attached hydrogens (tertiary/aromatic N) is 3. The van der Waals surface area contributed by atoms with Crippen molar-refractivity contribution in [2.24, 2.45) is 11.8 Å². The molecule has 6 nitrogen and oxygen atoms in total. The zero-order chi connectivity index (χ0) is 11.8. The Bertz CT molecular complexity index is 449. The van der Waals surface area contributed by atoms with E-state index in [0.717, 1.165) is 19.4 Å². The molecule has 2 aliphatic rings. The summed E-state index contributed by atoms with van der Waals surface area (Å²) in [5, 5.41) is 0.